The Balaban J connectivity index is 1.34. The molecule has 1 saturated carbocycles. The average molecular weight is 353 g/mol. The van der Waals surface area contributed by atoms with E-state index in [0.717, 1.165) is 37.7 Å². The first kappa shape index (κ1) is 18.5. The van der Waals surface area contributed by atoms with Gasteiger partial charge in [0.15, 0.2) is 0 Å². The first-order valence-corrected chi connectivity index (χ1v) is 9.44. The van der Waals surface area contributed by atoms with Crippen molar-refractivity contribution in [2.75, 3.05) is 6.61 Å². The minimum absolute atomic E-state index is 0.0420. The summed E-state index contributed by atoms with van der Waals surface area (Å²) in [7, 11) is 0. The predicted octanol–water partition coefficient (Wildman–Crippen LogP) is 4.48. The minimum Gasteiger partial charge on any atom is -0.450 e. The van der Waals surface area contributed by atoms with Crippen LogP contribution in [0.15, 0.2) is 60.7 Å². The van der Waals surface area contributed by atoms with Crippen molar-refractivity contribution >= 4 is 6.09 Å². The van der Waals surface area contributed by atoms with Gasteiger partial charge in [0.25, 0.3) is 0 Å². The van der Waals surface area contributed by atoms with Crippen LogP contribution in [0.1, 0.15) is 36.8 Å². The normalized spacial score (nSPS) is 19.2. The standard InChI is InChI=1S/C22H27NO3/c24-22(25-16-8-13-18-9-3-1-4-10-18)23-20-14-7-15-21(20)26-17-19-11-5-2-6-12-19/h1-6,9-12,20-21H,7-8,13-17H2,(H,23,24). The Labute approximate surface area is 155 Å². The molecular weight excluding hydrogens is 326 g/mol. The van der Waals surface area contributed by atoms with Gasteiger partial charge in [-0.1, -0.05) is 60.7 Å². The second-order valence-corrected chi connectivity index (χ2v) is 6.74. The molecule has 4 nitrogen and oxygen atoms in total. The molecule has 1 aliphatic carbocycles. The Kier molecular flexibility index (Phi) is 7.08. The number of rotatable bonds is 8. The van der Waals surface area contributed by atoms with Gasteiger partial charge in [0.2, 0.25) is 0 Å². The van der Waals surface area contributed by atoms with Crippen molar-refractivity contribution in [1.82, 2.24) is 5.32 Å². The number of carbonyl (C=O) groups excluding carboxylic acids is 1. The molecule has 3 rings (SSSR count). The lowest BCUT2D eigenvalue weighted by Gasteiger charge is -2.21. The highest BCUT2D eigenvalue weighted by Crippen LogP contribution is 2.23. The summed E-state index contributed by atoms with van der Waals surface area (Å²) < 4.78 is 11.3. The highest BCUT2D eigenvalue weighted by atomic mass is 16.5. The number of carbonyl (C=O) groups is 1. The topological polar surface area (TPSA) is 47.6 Å². The highest BCUT2D eigenvalue weighted by molar-refractivity contribution is 5.67. The maximum absolute atomic E-state index is 12.0. The molecule has 2 unspecified atom stereocenters. The highest BCUT2D eigenvalue weighted by Gasteiger charge is 2.29. The molecule has 0 spiro atoms. The first-order valence-electron chi connectivity index (χ1n) is 9.44. The molecule has 1 N–H and O–H groups in total. The van der Waals surface area contributed by atoms with E-state index in [1.54, 1.807) is 0 Å². The van der Waals surface area contributed by atoms with Crippen molar-refractivity contribution < 1.29 is 14.3 Å². The van der Waals surface area contributed by atoms with E-state index in [1.807, 2.05) is 36.4 Å². The Morgan fingerprint density at radius 2 is 1.65 bits per heavy atom. The molecule has 0 radical (unpaired) electrons. The van der Waals surface area contributed by atoms with Crippen molar-refractivity contribution in [3.05, 3.63) is 71.8 Å². The van der Waals surface area contributed by atoms with Gasteiger partial charge in [0.1, 0.15) is 0 Å². The van der Waals surface area contributed by atoms with Gasteiger partial charge in [-0.15, -0.1) is 0 Å². The molecule has 0 aliphatic heterocycles. The van der Waals surface area contributed by atoms with Gasteiger partial charge in [-0.2, -0.15) is 0 Å². The molecule has 26 heavy (non-hydrogen) atoms. The minimum atomic E-state index is -0.335. The van der Waals surface area contributed by atoms with Crippen LogP contribution in [0.4, 0.5) is 4.79 Å². The number of hydrogen-bond acceptors (Lipinski definition) is 3. The SMILES string of the molecule is O=C(NC1CCCC1OCc1ccccc1)OCCCc1ccccc1. The molecular formula is C22H27NO3. The van der Waals surface area contributed by atoms with E-state index in [0.29, 0.717) is 13.2 Å². The Morgan fingerprint density at radius 3 is 2.38 bits per heavy atom. The number of ether oxygens (including phenoxy) is 2. The molecule has 1 aliphatic rings. The van der Waals surface area contributed by atoms with Crippen LogP contribution in [0.5, 0.6) is 0 Å². The predicted molar refractivity (Wildman–Crippen MR) is 102 cm³/mol. The molecule has 1 fully saturated rings. The van der Waals surface area contributed by atoms with Gasteiger partial charge >= 0.3 is 6.09 Å². The zero-order chi connectivity index (χ0) is 18.0. The summed E-state index contributed by atoms with van der Waals surface area (Å²) in [4.78, 5) is 12.0. The van der Waals surface area contributed by atoms with Gasteiger partial charge in [0, 0.05) is 0 Å². The maximum Gasteiger partial charge on any atom is 0.407 e. The van der Waals surface area contributed by atoms with E-state index >= 15 is 0 Å². The van der Waals surface area contributed by atoms with E-state index in [-0.39, 0.29) is 18.2 Å². The Bertz CT molecular complexity index is 660. The molecule has 2 aromatic rings. The zero-order valence-corrected chi connectivity index (χ0v) is 15.1. The van der Waals surface area contributed by atoms with Crippen molar-refractivity contribution in [2.24, 2.45) is 0 Å². The van der Waals surface area contributed by atoms with Crippen LogP contribution in [-0.2, 0) is 22.5 Å². The van der Waals surface area contributed by atoms with E-state index in [1.165, 1.54) is 5.56 Å². The third-order valence-corrected chi connectivity index (χ3v) is 4.75. The monoisotopic (exact) mass is 353 g/mol. The lowest BCUT2D eigenvalue weighted by molar-refractivity contribution is 0.0266. The van der Waals surface area contributed by atoms with Gasteiger partial charge in [0.05, 0.1) is 25.4 Å². The molecule has 1 amide bonds. The number of nitrogens with one attached hydrogen (secondary N) is 1. The number of alkyl carbamates (subject to hydrolysis) is 1. The molecule has 0 saturated heterocycles. The third-order valence-electron chi connectivity index (χ3n) is 4.75. The molecule has 0 bridgehead atoms. The molecule has 0 heterocycles. The molecule has 138 valence electrons. The third kappa shape index (κ3) is 5.88. The second kappa shape index (κ2) is 9.97. The number of benzene rings is 2. The zero-order valence-electron chi connectivity index (χ0n) is 15.1. The van der Waals surface area contributed by atoms with Crippen LogP contribution < -0.4 is 5.32 Å². The summed E-state index contributed by atoms with van der Waals surface area (Å²) in [5.41, 5.74) is 2.42. The van der Waals surface area contributed by atoms with Crippen LogP contribution in [0.2, 0.25) is 0 Å². The number of amides is 1. The van der Waals surface area contributed by atoms with Gasteiger partial charge in [-0.3, -0.25) is 0 Å². The van der Waals surface area contributed by atoms with Crippen LogP contribution in [0.25, 0.3) is 0 Å². The summed E-state index contributed by atoms with van der Waals surface area (Å²) in [6.07, 6.45) is 4.46. The Morgan fingerprint density at radius 1 is 0.962 bits per heavy atom. The number of aryl methyl sites for hydroxylation is 1. The van der Waals surface area contributed by atoms with Gasteiger partial charge in [-0.25, -0.2) is 4.79 Å². The summed E-state index contributed by atoms with van der Waals surface area (Å²) in [6.45, 7) is 1.01. The van der Waals surface area contributed by atoms with Crippen LogP contribution in [-0.4, -0.2) is 24.8 Å². The lowest BCUT2D eigenvalue weighted by atomic mass is 10.1. The van der Waals surface area contributed by atoms with Crippen molar-refractivity contribution in [2.45, 2.75) is 50.9 Å². The molecule has 4 heteroatoms. The second-order valence-electron chi connectivity index (χ2n) is 6.74. The van der Waals surface area contributed by atoms with Crippen LogP contribution in [0.3, 0.4) is 0 Å². The summed E-state index contributed by atoms with van der Waals surface area (Å²) in [6, 6.07) is 20.4. The first-order chi connectivity index (χ1) is 12.8. The fourth-order valence-corrected chi connectivity index (χ4v) is 3.35. The summed E-state index contributed by atoms with van der Waals surface area (Å²) in [5.74, 6) is 0. The Hall–Kier alpha value is -2.33. The van der Waals surface area contributed by atoms with E-state index in [9.17, 15) is 4.79 Å². The summed E-state index contributed by atoms with van der Waals surface area (Å²) >= 11 is 0. The van der Waals surface area contributed by atoms with Crippen LogP contribution in [0, 0.1) is 0 Å². The summed E-state index contributed by atoms with van der Waals surface area (Å²) in [5, 5.41) is 2.98. The van der Waals surface area contributed by atoms with E-state index < -0.39 is 0 Å². The fourth-order valence-electron chi connectivity index (χ4n) is 3.35. The van der Waals surface area contributed by atoms with Gasteiger partial charge < -0.3 is 14.8 Å². The van der Waals surface area contributed by atoms with E-state index in [4.69, 9.17) is 9.47 Å². The van der Waals surface area contributed by atoms with Gasteiger partial charge in [-0.05, 0) is 43.2 Å². The largest absolute Gasteiger partial charge is 0.450 e. The average Bonchev–Trinajstić information content (AvgIpc) is 3.12. The molecule has 2 atom stereocenters. The number of hydrogen-bond donors (Lipinski definition) is 1. The van der Waals surface area contributed by atoms with Crippen molar-refractivity contribution in [3.8, 4) is 0 Å². The quantitative estimate of drug-likeness (QED) is 0.712. The van der Waals surface area contributed by atoms with Crippen molar-refractivity contribution in [1.29, 1.82) is 0 Å². The van der Waals surface area contributed by atoms with Crippen LogP contribution >= 0.6 is 0 Å². The molecule has 0 aromatic heterocycles. The van der Waals surface area contributed by atoms with E-state index in [2.05, 4.69) is 29.6 Å². The smallest absolute Gasteiger partial charge is 0.407 e. The molecule has 2 aromatic carbocycles. The fraction of sp³-hybridized carbons (Fsp3) is 0.409. The maximum atomic E-state index is 12.0. The lowest BCUT2D eigenvalue weighted by Crippen LogP contribution is -2.41. The van der Waals surface area contributed by atoms with Crippen molar-refractivity contribution in [3.63, 3.8) is 0 Å².